The average Bonchev–Trinajstić information content (AvgIpc) is 3.61. The summed E-state index contributed by atoms with van der Waals surface area (Å²) in [6.45, 7) is 3.23. The molecule has 6 aromatic carbocycles. The molecule has 1 heteroatoms. The van der Waals surface area contributed by atoms with E-state index in [-0.39, 0.29) is 5.41 Å². The molecular formula is C50H49N. The Morgan fingerprint density at radius 3 is 2.10 bits per heavy atom. The quantitative estimate of drug-likeness (QED) is 0.177. The van der Waals surface area contributed by atoms with Crippen LogP contribution in [0.25, 0.3) is 33.4 Å². The number of benzene rings is 6. The number of para-hydroxylation sites is 1. The smallest absolute Gasteiger partial charge is 0.0540 e. The Morgan fingerprint density at radius 2 is 1.27 bits per heavy atom. The lowest BCUT2D eigenvalue weighted by atomic mass is 9.80. The second kappa shape index (κ2) is 11.8. The molecule has 0 heterocycles. The summed E-state index contributed by atoms with van der Waals surface area (Å²) >= 11 is 0. The second-order valence-corrected chi connectivity index (χ2v) is 15.7. The van der Waals surface area contributed by atoms with Crippen molar-refractivity contribution in [1.82, 2.24) is 0 Å². The molecule has 9 rings (SSSR count). The Labute approximate surface area is 313 Å². The van der Waals surface area contributed by atoms with Crippen LogP contribution in [-0.4, -0.2) is 0 Å². The number of hydrogen-bond acceptors (Lipinski definition) is 1. The Hall–Kier alpha value is -4.88. The van der Waals surface area contributed by atoms with Gasteiger partial charge in [-0.15, -0.1) is 0 Å². The lowest BCUT2D eigenvalue weighted by Gasteiger charge is -2.31. The fraction of sp³-hybridized carbons (Fsp3) is 0.280. The molecule has 0 N–H and O–H groups in total. The van der Waals surface area contributed by atoms with E-state index in [0.29, 0.717) is 33.9 Å². The van der Waals surface area contributed by atoms with E-state index in [1.54, 1.807) is 12.1 Å². The molecule has 0 radical (unpaired) electrons. The maximum Gasteiger partial charge on any atom is 0.0540 e. The summed E-state index contributed by atoms with van der Waals surface area (Å²) in [6, 6.07) is 41.6. The van der Waals surface area contributed by atoms with E-state index < -0.39 is 19.1 Å². The topological polar surface area (TPSA) is 3.24 Å². The molecule has 0 unspecified atom stereocenters. The van der Waals surface area contributed by atoms with E-state index in [0.717, 1.165) is 22.5 Å². The summed E-state index contributed by atoms with van der Waals surface area (Å²) in [5.41, 5.74) is 13.1. The lowest BCUT2D eigenvalue weighted by molar-refractivity contribution is 0.444. The Kier molecular flexibility index (Phi) is 6.03. The standard InChI is InChI=1S/C50H49N/c1-32-27-33(2)48-43(28-32)42-30-37(24-26-45(42)50(48,5)6)51(38-23-25-41-40-20-10-12-21-44(40)49(3,4)46(41)31-38)47-22-13-11-19-39(47)36-18-14-17-35(29-36)34-15-8-7-9-16-34/h10-14,17-31,34H,7-9,15-16H2,1-6H3/i3D3,4D3. The van der Waals surface area contributed by atoms with Crippen LogP contribution < -0.4 is 4.90 Å². The largest absolute Gasteiger partial charge is 0.310 e. The van der Waals surface area contributed by atoms with Crippen molar-refractivity contribution in [3.63, 3.8) is 0 Å². The van der Waals surface area contributed by atoms with Gasteiger partial charge in [-0.1, -0.05) is 143 Å². The van der Waals surface area contributed by atoms with E-state index in [9.17, 15) is 0 Å². The SMILES string of the molecule is [2H]C([2H])([2H])C1(C([2H])([2H])[2H])c2ccccc2-c2ccc(N(c3ccc4c(c3)-c3cc(C)cc(C)c3C4(C)C)c3ccccc3-c3cccc(C4CCCCC4)c3)cc21. The first-order valence-electron chi connectivity index (χ1n) is 21.6. The summed E-state index contributed by atoms with van der Waals surface area (Å²) < 4.78 is 53.6. The number of fused-ring (bicyclic) bond motifs is 6. The molecule has 0 bridgehead atoms. The zero-order chi connectivity index (χ0) is 40.1. The fourth-order valence-corrected chi connectivity index (χ4v) is 9.73. The molecule has 0 aliphatic heterocycles. The normalized spacial score (nSPS) is 18.9. The third-order valence-electron chi connectivity index (χ3n) is 12.0. The zero-order valence-corrected chi connectivity index (χ0v) is 30.1. The minimum Gasteiger partial charge on any atom is -0.310 e. The zero-order valence-electron chi connectivity index (χ0n) is 36.1. The molecular weight excluding hydrogens is 615 g/mol. The van der Waals surface area contributed by atoms with E-state index >= 15 is 0 Å². The molecule has 1 nitrogen and oxygen atoms in total. The van der Waals surface area contributed by atoms with Crippen LogP contribution in [0.4, 0.5) is 17.1 Å². The molecule has 0 aromatic heterocycles. The van der Waals surface area contributed by atoms with Crippen LogP contribution >= 0.6 is 0 Å². The van der Waals surface area contributed by atoms with Crippen LogP contribution in [0.2, 0.25) is 0 Å². The fourth-order valence-electron chi connectivity index (χ4n) is 9.73. The van der Waals surface area contributed by atoms with E-state index in [1.807, 2.05) is 36.4 Å². The summed E-state index contributed by atoms with van der Waals surface area (Å²) in [6.07, 6.45) is 6.22. The first kappa shape index (κ1) is 26.0. The lowest BCUT2D eigenvalue weighted by Crippen LogP contribution is -2.18. The van der Waals surface area contributed by atoms with Gasteiger partial charge >= 0.3 is 0 Å². The van der Waals surface area contributed by atoms with Crippen molar-refractivity contribution in [2.75, 3.05) is 4.90 Å². The van der Waals surface area contributed by atoms with Crippen molar-refractivity contribution in [3.8, 4) is 33.4 Å². The van der Waals surface area contributed by atoms with Crippen LogP contribution in [-0.2, 0) is 10.8 Å². The molecule has 3 aliphatic carbocycles. The van der Waals surface area contributed by atoms with Crippen LogP contribution in [0.15, 0.2) is 121 Å². The van der Waals surface area contributed by atoms with E-state index in [4.69, 9.17) is 8.22 Å². The maximum absolute atomic E-state index is 8.94. The molecule has 254 valence electrons. The third-order valence-corrected chi connectivity index (χ3v) is 12.0. The first-order chi connectivity index (χ1) is 27.1. The van der Waals surface area contributed by atoms with E-state index in [1.165, 1.54) is 71.0 Å². The van der Waals surface area contributed by atoms with Crippen molar-refractivity contribution in [1.29, 1.82) is 0 Å². The average molecular weight is 670 g/mol. The Morgan fingerprint density at radius 1 is 0.569 bits per heavy atom. The van der Waals surface area contributed by atoms with Gasteiger partial charge in [0.05, 0.1) is 5.69 Å². The highest BCUT2D eigenvalue weighted by molar-refractivity contribution is 5.93. The second-order valence-electron chi connectivity index (χ2n) is 15.7. The van der Waals surface area contributed by atoms with Gasteiger partial charge in [-0.05, 0) is 124 Å². The monoisotopic (exact) mass is 669 g/mol. The van der Waals surface area contributed by atoms with Crippen LogP contribution in [0.3, 0.4) is 0 Å². The molecule has 0 saturated heterocycles. The Balaban J connectivity index is 1.31. The van der Waals surface area contributed by atoms with Crippen molar-refractivity contribution in [2.24, 2.45) is 0 Å². The van der Waals surface area contributed by atoms with Crippen molar-refractivity contribution in [3.05, 3.63) is 160 Å². The minimum absolute atomic E-state index is 0.193. The van der Waals surface area contributed by atoms with Gasteiger partial charge in [0.2, 0.25) is 0 Å². The highest BCUT2D eigenvalue weighted by Gasteiger charge is 2.38. The summed E-state index contributed by atoms with van der Waals surface area (Å²) in [4.78, 5) is 2.21. The molecule has 0 spiro atoms. The molecule has 0 atom stereocenters. The van der Waals surface area contributed by atoms with E-state index in [2.05, 4.69) is 105 Å². The highest BCUT2D eigenvalue weighted by atomic mass is 15.1. The van der Waals surface area contributed by atoms with Gasteiger partial charge in [-0.25, -0.2) is 0 Å². The molecule has 0 amide bonds. The van der Waals surface area contributed by atoms with Gasteiger partial charge in [-0.2, -0.15) is 0 Å². The predicted molar refractivity (Wildman–Crippen MR) is 217 cm³/mol. The van der Waals surface area contributed by atoms with Gasteiger partial charge in [0.1, 0.15) is 0 Å². The number of aryl methyl sites for hydroxylation is 2. The van der Waals surface area contributed by atoms with Gasteiger partial charge < -0.3 is 4.90 Å². The minimum atomic E-state index is -2.86. The summed E-state index contributed by atoms with van der Waals surface area (Å²) in [7, 11) is 0. The molecule has 51 heavy (non-hydrogen) atoms. The van der Waals surface area contributed by atoms with Gasteiger partial charge in [0, 0.05) is 36.0 Å². The third kappa shape index (κ3) is 5.03. The predicted octanol–water partition coefficient (Wildman–Crippen LogP) is 14.1. The van der Waals surface area contributed by atoms with Crippen LogP contribution in [0.1, 0.15) is 113 Å². The summed E-state index contributed by atoms with van der Waals surface area (Å²) in [5, 5.41) is 0. The Bertz CT molecular complexity index is 2540. The molecule has 3 aliphatic rings. The van der Waals surface area contributed by atoms with Gasteiger partial charge in [-0.3, -0.25) is 0 Å². The maximum atomic E-state index is 8.94. The molecule has 6 aromatic rings. The van der Waals surface area contributed by atoms with Gasteiger partial charge in [0.15, 0.2) is 0 Å². The van der Waals surface area contributed by atoms with Crippen molar-refractivity contribution < 1.29 is 8.22 Å². The van der Waals surface area contributed by atoms with Crippen LogP contribution in [0, 0.1) is 13.8 Å². The summed E-state index contributed by atoms with van der Waals surface area (Å²) in [5.74, 6) is 0.542. The first-order valence-corrected chi connectivity index (χ1v) is 18.6. The number of nitrogens with zero attached hydrogens (tertiary/aromatic N) is 1. The number of hydrogen-bond donors (Lipinski definition) is 0. The van der Waals surface area contributed by atoms with Crippen molar-refractivity contribution >= 4 is 17.1 Å². The van der Waals surface area contributed by atoms with Gasteiger partial charge in [0.25, 0.3) is 0 Å². The molecule has 1 fully saturated rings. The van der Waals surface area contributed by atoms with Crippen LogP contribution in [0.5, 0.6) is 0 Å². The molecule has 1 saturated carbocycles. The van der Waals surface area contributed by atoms with Crippen molar-refractivity contribution in [2.45, 2.75) is 90.3 Å². The highest BCUT2D eigenvalue weighted by Crippen LogP contribution is 2.54. The number of rotatable bonds is 5. The number of anilines is 3.